The average molecular weight is 342 g/mol. The highest BCUT2D eigenvalue weighted by Crippen LogP contribution is 2.20. The highest BCUT2D eigenvalue weighted by molar-refractivity contribution is 5.74. The molecule has 9 nitrogen and oxygen atoms in total. The largest absolute Gasteiger partial charge is 0.351 e. The molecule has 132 valence electrons. The van der Waals surface area contributed by atoms with E-state index in [1.807, 2.05) is 32.4 Å². The van der Waals surface area contributed by atoms with Crippen molar-refractivity contribution in [1.82, 2.24) is 34.5 Å². The molecule has 2 N–H and O–H groups in total. The quantitative estimate of drug-likeness (QED) is 0.725. The van der Waals surface area contributed by atoms with E-state index in [9.17, 15) is 4.79 Å². The van der Waals surface area contributed by atoms with E-state index in [1.54, 1.807) is 10.9 Å². The minimum absolute atomic E-state index is 0.139. The molecule has 3 aromatic heterocycles. The summed E-state index contributed by atoms with van der Waals surface area (Å²) in [6, 6.07) is 0.139. The summed E-state index contributed by atoms with van der Waals surface area (Å²) in [6.45, 7) is 8.70. The van der Waals surface area contributed by atoms with E-state index in [0.717, 1.165) is 24.5 Å². The zero-order valence-corrected chi connectivity index (χ0v) is 14.9. The molecule has 0 amide bonds. The van der Waals surface area contributed by atoms with E-state index in [2.05, 4.69) is 30.5 Å². The van der Waals surface area contributed by atoms with E-state index in [0.29, 0.717) is 23.5 Å². The molecule has 4 rings (SSSR count). The molecule has 0 aliphatic carbocycles. The Labute approximate surface area is 144 Å². The van der Waals surface area contributed by atoms with Gasteiger partial charge in [0.25, 0.3) is 5.56 Å². The standard InChI is InChI=1S/C16H22N8O/c1-9-18-12-6-5-10(8-23(12)22-9)19-15-20-13-11(14(25)21-15)7-17-24(13)16(2,3)4/h7,10H,5-6,8H2,1-4H3,(H2,19,20,21,25)/t10-/m0/s1. The maximum Gasteiger partial charge on any atom is 0.263 e. The number of H-pyrrole nitrogens is 1. The van der Waals surface area contributed by atoms with Crippen LogP contribution in [0.15, 0.2) is 11.0 Å². The fraction of sp³-hybridized carbons (Fsp3) is 0.562. The van der Waals surface area contributed by atoms with Crippen molar-refractivity contribution in [2.45, 2.75) is 58.7 Å². The van der Waals surface area contributed by atoms with Crippen LogP contribution in [0.3, 0.4) is 0 Å². The first-order valence-corrected chi connectivity index (χ1v) is 8.46. The molecule has 1 aliphatic rings. The number of rotatable bonds is 2. The molecule has 9 heteroatoms. The molecular formula is C16H22N8O. The van der Waals surface area contributed by atoms with Crippen LogP contribution >= 0.6 is 0 Å². The maximum absolute atomic E-state index is 12.4. The van der Waals surface area contributed by atoms with Gasteiger partial charge in [-0.15, -0.1) is 0 Å². The molecule has 0 aromatic carbocycles. The van der Waals surface area contributed by atoms with Crippen LogP contribution in [-0.4, -0.2) is 40.6 Å². The third-order valence-corrected chi connectivity index (χ3v) is 4.38. The zero-order chi connectivity index (χ0) is 17.8. The second kappa shape index (κ2) is 5.40. The third-order valence-electron chi connectivity index (χ3n) is 4.38. The Kier molecular flexibility index (Phi) is 3.41. The van der Waals surface area contributed by atoms with Crippen LogP contribution in [0, 0.1) is 6.92 Å². The number of hydrogen-bond donors (Lipinski definition) is 2. The third kappa shape index (κ3) is 2.79. The number of hydrogen-bond acceptors (Lipinski definition) is 6. The van der Waals surface area contributed by atoms with Gasteiger partial charge >= 0.3 is 0 Å². The summed E-state index contributed by atoms with van der Waals surface area (Å²) in [4.78, 5) is 24.2. The van der Waals surface area contributed by atoms with Crippen molar-refractivity contribution in [3.8, 4) is 0 Å². The van der Waals surface area contributed by atoms with Gasteiger partial charge < -0.3 is 5.32 Å². The number of aromatic nitrogens is 7. The maximum atomic E-state index is 12.4. The number of nitrogens with one attached hydrogen (secondary N) is 2. The van der Waals surface area contributed by atoms with Crippen LogP contribution in [-0.2, 0) is 18.5 Å². The summed E-state index contributed by atoms with van der Waals surface area (Å²) >= 11 is 0. The van der Waals surface area contributed by atoms with Gasteiger partial charge in [0.2, 0.25) is 5.95 Å². The summed E-state index contributed by atoms with van der Waals surface area (Å²) in [5.41, 5.74) is 0.153. The first kappa shape index (κ1) is 15.8. The van der Waals surface area contributed by atoms with E-state index in [1.165, 1.54) is 0 Å². The number of fused-ring (bicyclic) bond motifs is 2. The highest BCUT2D eigenvalue weighted by Gasteiger charge is 2.23. The van der Waals surface area contributed by atoms with Crippen LogP contribution in [0.2, 0.25) is 0 Å². The van der Waals surface area contributed by atoms with E-state index >= 15 is 0 Å². The van der Waals surface area contributed by atoms with Crippen molar-refractivity contribution in [1.29, 1.82) is 0 Å². The molecule has 0 saturated heterocycles. The smallest absolute Gasteiger partial charge is 0.263 e. The van der Waals surface area contributed by atoms with Gasteiger partial charge in [0.05, 0.1) is 18.3 Å². The Morgan fingerprint density at radius 2 is 2.12 bits per heavy atom. The lowest BCUT2D eigenvalue weighted by Crippen LogP contribution is -2.33. The minimum atomic E-state index is -0.252. The van der Waals surface area contributed by atoms with E-state index < -0.39 is 0 Å². The molecular weight excluding hydrogens is 320 g/mol. The molecule has 3 aromatic rings. The monoisotopic (exact) mass is 342 g/mol. The summed E-state index contributed by atoms with van der Waals surface area (Å²) in [7, 11) is 0. The zero-order valence-electron chi connectivity index (χ0n) is 14.9. The lowest BCUT2D eigenvalue weighted by Gasteiger charge is -2.24. The number of aromatic amines is 1. The fourth-order valence-corrected chi connectivity index (χ4v) is 3.22. The van der Waals surface area contributed by atoms with Crippen molar-refractivity contribution < 1.29 is 0 Å². The Bertz CT molecular complexity index is 990. The average Bonchev–Trinajstić information content (AvgIpc) is 3.09. The number of nitrogens with zero attached hydrogens (tertiary/aromatic N) is 6. The van der Waals surface area contributed by atoms with Gasteiger partial charge in [-0.05, 0) is 34.1 Å². The SMILES string of the molecule is Cc1nc2n(n1)C[C@@H](Nc1nc3c(cnn3C(C)(C)C)c(=O)[nH]1)CC2. The van der Waals surface area contributed by atoms with Gasteiger partial charge in [0.1, 0.15) is 17.0 Å². The summed E-state index contributed by atoms with van der Waals surface area (Å²) in [6.07, 6.45) is 3.34. The van der Waals surface area contributed by atoms with Crippen LogP contribution in [0.4, 0.5) is 5.95 Å². The topological polar surface area (TPSA) is 106 Å². The van der Waals surface area contributed by atoms with Crippen molar-refractivity contribution >= 4 is 17.0 Å². The summed E-state index contributed by atoms with van der Waals surface area (Å²) in [5, 5.41) is 12.6. The molecule has 0 spiro atoms. The van der Waals surface area contributed by atoms with E-state index in [4.69, 9.17) is 0 Å². The van der Waals surface area contributed by atoms with Gasteiger partial charge in [-0.25, -0.2) is 14.3 Å². The predicted molar refractivity (Wildman–Crippen MR) is 93.6 cm³/mol. The Morgan fingerprint density at radius 1 is 1.32 bits per heavy atom. The lowest BCUT2D eigenvalue weighted by molar-refractivity contribution is 0.366. The van der Waals surface area contributed by atoms with E-state index in [-0.39, 0.29) is 17.1 Å². The van der Waals surface area contributed by atoms with Gasteiger partial charge in [-0.3, -0.25) is 9.78 Å². The van der Waals surface area contributed by atoms with Crippen LogP contribution in [0.1, 0.15) is 38.8 Å². The van der Waals surface area contributed by atoms with Crippen LogP contribution in [0.25, 0.3) is 11.0 Å². The minimum Gasteiger partial charge on any atom is -0.351 e. The first-order chi connectivity index (χ1) is 11.8. The molecule has 0 fully saturated rings. The Balaban J connectivity index is 1.65. The molecule has 0 saturated carbocycles. The fourth-order valence-electron chi connectivity index (χ4n) is 3.22. The number of aryl methyl sites for hydroxylation is 2. The number of anilines is 1. The van der Waals surface area contributed by atoms with Crippen molar-refractivity contribution in [2.75, 3.05) is 5.32 Å². The van der Waals surface area contributed by atoms with Crippen molar-refractivity contribution in [2.24, 2.45) is 0 Å². The van der Waals surface area contributed by atoms with Gasteiger partial charge in [-0.2, -0.15) is 15.2 Å². The second-order valence-electron chi connectivity index (χ2n) is 7.52. The van der Waals surface area contributed by atoms with Crippen molar-refractivity contribution in [3.05, 3.63) is 28.2 Å². The first-order valence-electron chi connectivity index (χ1n) is 8.46. The summed E-state index contributed by atoms with van der Waals surface area (Å²) < 4.78 is 3.70. The second-order valence-corrected chi connectivity index (χ2v) is 7.52. The Morgan fingerprint density at radius 3 is 2.88 bits per heavy atom. The lowest BCUT2D eigenvalue weighted by atomic mass is 10.1. The van der Waals surface area contributed by atoms with Crippen LogP contribution in [0.5, 0.6) is 0 Å². The molecule has 0 bridgehead atoms. The van der Waals surface area contributed by atoms with Gasteiger partial charge in [-0.1, -0.05) is 0 Å². The Hall–Kier alpha value is -2.71. The van der Waals surface area contributed by atoms with Gasteiger partial charge in [0, 0.05) is 12.5 Å². The predicted octanol–water partition coefficient (Wildman–Crippen LogP) is 1.20. The molecule has 0 radical (unpaired) electrons. The van der Waals surface area contributed by atoms with Crippen molar-refractivity contribution in [3.63, 3.8) is 0 Å². The van der Waals surface area contributed by atoms with Crippen LogP contribution < -0.4 is 10.9 Å². The molecule has 1 aliphatic heterocycles. The molecule has 0 unspecified atom stereocenters. The molecule has 4 heterocycles. The molecule has 1 atom stereocenters. The summed E-state index contributed by atoms with van der Waals surface area (Å²) in [5.74, 6) is 2.27. The van der Waals surface area contributed by atoms with Gasteiger partial charge in [0.15, 0.2) is 5.65 Å². The normalized spacial score (nSPS) is 17.7. The molecule has 25 heavy (non-hydrogen) atoms. The highest BCUT2D eigenvalue weighted by atomic mass is 16.1.